The van der Waals surface area contributed by atoms with Gasteiger partial charge in [-0.3, -0.25) is 18.0 Å². The molecule has 0 amide bonds. The third-order valence-electron chi connectivity index (χ3n) is 10.3. The van der Waals surface area contributed by atoms with Crippen LogP contribution in [0.3, 0.4) is 0 Å². The predicted molar refractivity (Wildman–Crippen MR) is 225 cm³/mol. The molecule has 0 aromatic rings. The highest BCUT2D eigenvalue weighted by Crippen LogP contribution is 2.27. The molecule has 0 saturated carbocycles. The van der Waals surface area contributed by atoms with Crippen LogP contribution in [-0.4, -0.2) is 104 Å². The number of rotatable bonds is 34. The third-order valence-corrected chi connectivity index (χ3v) is 10.3. The number of nitrogens with two attached hydrogens (primary N) is 2. The van der Waals surface area contributed by atoms with Crippen molar-refractivity contribution in [1.82, 2.24) is 0 Å². The van der Waals surface area contributed by atoms with Gasteiger partial charge in [0.25, 0.3) is 0 Å². The van der Waals surface area contributed by atoms with E-state index in [4.69, 9.17) is 38.7 Å². The first-order valence-corrected chi connectivity index (χ1v) is 23.2. The van der Waals surface area contributed by atoms with Gasteiger partial charge in [-0.15, -0.1) is 0 Å². The molecule has 0 rings (SSSR count). The Morgan fingerprint density at radius 1 is 0.509 bits per heavy atom. The Morgan fingerprint density at radius 3 is 0.964 bits per heavy atom. The van der Waals surface area contributed by atoms with Crippen LogP contribution in [0.4, 0.5) is 0 Å². The van der Waals surface area contributed by atoms with E-state index in [9.17, 15) is 9.59 Å². The van der Waals surface area contributed by atoms with E-state index in [1.54, 1.807) is 0 Å². The van der Waals surface area contributed by atoms with Crippen LogP contribution >= 0.6 is 0 Å². The smallest absolute Gasteiger partial charge is 0.182 e. The van der Waals surface area contributed by atoms with Crippen LogP contribution in [0, 0.1) is 0 Å². The van der Waals surface area contributed by atoms with Crippen LogP contribution < -0.4 is 11.5 Å². The van der Waals surface area contributed by atoms with Crippen molar-refractivity contribution < 1.29 is 46.1 Å². The van der Waals surface area contributed by atoms with E-state index < -0.39 is 21.6 Å². The summed E-state index contributed by atoms with van der Waals surface area (Å²) in [5, 5.41) is 0. The van der Waals surface area contributed by atoms with Crippen molar-refractivity contribution in [2.75, 3.05) is 54.4 Å². The van der Waals surface area contributed by atoms with E-state index in [0.717, 1.165) is 51.6 Å². The lowest BCUT2D eigenvalue weighted by Crippen LogP contribution is -2.51. The van der Waals surface area contributed by atoms with E-state index in [-0.39, 0.29) is 11.6 Å². The van der Waals surface area contributed by atoms with Gasteiger partial charge >= 0.3 is 0 Å². The minimum absolute atomic E-state index is 0.239. The molecule has 55 heavy (non-hydrogen) atoms. The number of unbranched alkanes of at least 4 members (excludes halogenated alkanes) is 16. The summed E-state index contributed by atoms with van der Waals surface area (Å²) in [6.07, 6.45) is 27.2. The summed E-state index contributed by atoms with van der Waals surface area (Å²) in [5.74, 6) is 0.479. The first-order chi connectivity index (χ1) is 25.6. The van der Waals surface area contributed by atoms with Crippen molar-refractivity contribution in [2.24, 2.45) is 11.5 Å². The van der Waals surface area contributed by atoms with Crippen LogP contribution in [0.5, 0.6) is 0 Å². The molecule has 0 heterocycles. The molecular weight excluding hydrogens is 721 g/mol. The van der Waals surface area contributed by atoms with Gasteiger partial charge in [-0.25, -0.2) is 0 Å². The third kappa shape index (κ3) is 37.0. The Hall–Kier alpha value is -1.03. The highest BCUT2D eigenvalue weighted by atomic mass is 32.3. The quantitative estimate of drug-likeness (QED) is 0.0210. The summed E-state index contributed by atoms with van der Waals surface area (Å²) >= 11 is 0. The number of hydroxylamine groups is 6. The van der Waals surface area contributed by atoms with Gasteiger partial charge in [0.05, 0.1) is 28.2 Å². The van der Waals surface area contributed by atoms with Gasteiger partial charge in [0, 0.05) is 23.2 Å². The molecule has 0 radical (unpaired) electrons. The molecule has 2 atom stereocenters. The number of quaternary nitrogens is 2. The largest absolute Gasteiger partial charge is 0.759 e. The molecule has 12 nitrogen and oxygen atoms in total. The summed E-state index contributed by atoms with van der Waals surface area (Å²) in [5.41, 5.74) is 9.90. The van der Waals surface area contributed by atoms with E-state index in [2.05, 4.69) is 27.7 Å². The molecule has 0 bridgehead atoms. The zero-order valence-electron chi connectivity index (χ0n) is 37.5. The summed E-state index contributed by atoms with van der Waals surface area (Å²) in [6.45, 7) is 15.4. The van der Waals surface area contributed by atoms with Crippen molar-refractivity contribution in [3.63, 3.8) is 0 Å². The van der Waals surface area contributed by atoms with Crippen LogP contribution in [0.15, 0.2) is 0 Å². The lowest BCUT2D eigenvalue weighted by molar-refractivity contribution is -1.08. The highest BCUT2D eigenvalue weighted by molar-refractivity contribution is 7.79. The Kier molecular flexibility index (Phi) is 35.9. The van der Waals surface area contributed by atoms with Gasteiger partial charge in [-0.1, -0.05) is 117 Å². The number of carbonyl (C=O) groups excluding carboxylic acids is 2. The fraction of sp³-hybridized carbons (Fsp3) is 0.952. The molecule has 332 valence electrons. The number of carbonyl (C=O) groups is 2. The average Bonchev–Trinajstić information content (AvgIpc) is 3.10. The van der Waals surface area contributed by atoms with Crippen molar-refractivity contribution >= 4 is 22.0 Å². The molecule has 0 aromatic carbocycles. The van der Waals surface area contributed by atoms with E-state index in [1.807, 2.05) is 42.0 Å². The minimum atomic E-state index is -5.17. The minimum Gasteiger partial charge on any atom is -0.759 e. The van der Waals surface area contributed by atoms with E-state index >= 15 is 0 Å². The van der Waals surface area contributed by atoms with Crippen molar-refractivity contribution in [3.8, 4) is 0 Å². The molecule has 0 fully saturated rings. The molecule has 0 spiro atoms. The van der Waals surface area contributed by atoms with Gasteiger partial charge in [-0.05, 0) is 79.3 Å². The van der Waals surface area contributed by atoms with Crippen LogP contribution in [0.2, 0.25) is 0 Å². The topological polar surface area (TPSA) is 185 Å². The van der Waals surface area contributed by atoms with Crippen molar-refractivity contribution in [1.29, 1.82) is 0 Å². The molecule has 0 aliphatic heterocycles. The Morgan fingerprint density at radius 2 is 0.745 bits per heavy atom. The molecule has 0 aliphatic carbocycles. The second-order valence-electron chi connectivity index (χ2n) is 16.6. The SMILES string of the molecule is CCCCCCCCCCCC(=O)C(C)(CCCN)O[N+](C)(C)CC.CCCCCCCCCCCC(=O)C(C)(CCCN)O[N+](C)(C)CC.O=S(=O)([O-])[O-]. The molecular formula is C42H90N4O8S. The summed E-state index contributed by atoms with van der Waals surface area (Å²) in [4.78, 5) is 38.0. The highest BCUT2D eigenvalue weighted by Gasteiger charge is 2.41. The first kappa shape index (κ1) is 58.3. The molecule has 2 unspecified atom stereocenters. The summed E-state index contributed by atoms with van der Waals surface area (Å²) in [7, 11) is 2.86. The van der Waals surface area contributed by atoms with Crippen LogP contribution in [0.1, 0.15) is 196 Å². The maximum atomic E-state index is 12.8. The maximum absolute atomic E-state index is 12.8. The predicted octanol–water partition coefficient (Wildman–Crippen LogP) is 8.67. The number of hydrogen-bond donors (Lipinski definition) is 2. The van der Waals surface area contributed by atoms with Crippen molar-refractivity contribution in [3.05, 3.63) is 0 Å². The Bertz CT molecular complexity index is 971. The lowest BCUT2D eigenvalue weighted by Gasteiger charge is -2.36. The van der Waals surface area contributed by atoms with Gasteiger partial charge in [0.15, 0.2) is 22.8 Å². The Balaban J connectivity index is -0.000000874. The summed E-state index contributed by atoms with van der Waals surface area (Å²) < 4.78 is 34.9. The van der Waals surface area contributed by atoms with Gasteiger partial charge in [0.1, 0.15) is 13.1 Å². The standard InChI is InChI=1S/2C21H45N2O2.H2O4S/c2*1-6-8-9-10-11-12-13-14-15-17-20(24)21(3,18-16-19-22)25-23(4,5)7-2;1-5(2,3)4/h2*6-19,22H2,1-5H3;(H2,1,2,3,4)/q2*+1;/p-2. The first-order valence-electron chi connectivity index (χ1n) is 21.8. The number of nitrogens with zero attached hydrogens (tertiary/aromatic N) is 2. The van der Waals surface area contributed by atoms with Gasteiger partial charge < -0.3 is 20.6 Å². The zero-order chi connectivity index (χ0) is 42.9. The number of Topliss-reactive ketones (excluding diaryl/α,β-unsaturated/α-hetero) is 2. The molecule has 13 heteroatoms. The molecule has 0 aromatic heterocycles. The fourth-order valence-electron chi connectivity index (χ4n) is 6.29. The maximum Gasteiger partial charge on any atom is 0.182 e. The van der Waals surface area contributed by atoms with Crippen LogP contribution in [0.25, 0.3) is 0 Å². The molecule has 4 N–H and O–H groups in total. The van der Waals surface area contributed by atoms with Crippen LogP contribution in [-0.2, 0) is 29.7 Å². The lowest BCUT2D eigenvalue weighted by atomic mass is 9.91. The Labute approximate surface area is 339 Å². The van der Waals surface area contributed by atoms with E-state index in [1.165, 1.54) is 89.9 Å². The zero-order valence-corrected chi connectivity index (χ0v) is 38.3. The van der Waals surface area contributed by atoms with Gasteiger partial charge in [-0.2, -0.15) is 19.0 Å². The molecule has 0 saturated heterocycles. The van der Waals surface area contributed by atoms with Gasteiger partial charge in [0.2, 0.25) is 0 Å². The number of ketones is 2. The van der Waals surface area contributed by atoms with Crippen molar-refractivity contribution in [2.45, 2.75) is 207 Å². The second-order valence-corrected chi connectivity index (χ2v) is 17.4. The fourth-order valence-corrected chi connectivity index (χ4v) is 6.29. The normalized spacial score (nSPS) is 14.2. The second kappa shape index (κ2) is 33.9. The molecule has 0 aliphatic rings. The van der Waals surface area contributed by atoms with E-state index in [0.29, 0.717) is 48.1 Å². The monoisotopic (exact) mass is 811 g/mol. The number of hydrogen-bond acceptors (Lipinski definition) is 10. The average molecular weight is 811 g/mol. The summed E-state index contributed by atoms with van der Waals surface area (Å²) in [6, 6.07) is 0.